The number of rotatable bonds is 5. The van der Waals surface area contributed by atoms with Gasteiger partial charge in [0.15, 0.2) is 0 Å². The summed E-state index contributed by atoms with van der Waals surface area (Å²) < 4.78 is 28.0. The molecule has 0 aromatic heterocycles. The summed E-state index contributed by atoms with van der Waals surface area (Å²) in [7, 11) is -3.54. The van der Waals surface area contributed by atoms with Crippen molar-refractivity contribution < 1.29 is 8.42 Å². The lowest BCUT2D eigenvalue weighted by Crippen LogP contribution is -2.34. The molecule has 1 aromatic carbocycles. The van der Waals surface area contributed by atoms with Gasteiger partial charge in [0.2, 0.25) is 10.0 Å². The van der Waals surface area contributed by atoms with Gasteiger partial charge in [-0.1, -0.05) is 15.9 Å². The zero-order chi connectivity index (χ0) is 14.0. The van der Waals surface area contributed by atoms with Crippen LogP contribution in [0.3, 0.4) is 0 Å². The normalized spacial score (nSPS) is 15.5. The van der Waals surface area contributed by atoms with E-state index in [-0.39, 0.29) is 23.9 Å². The van der Waals surface area contributed by atoms with E-state index in [1.165, 1.54) is 4.31 Å². The minimum atomic E-state index is -3.54. The second kappa shape index (κ2) is 5.92. The second-order valence-electron chi connectivity index (χ2n) is 4.33. The van der Waals surface area contributed by atoms with E-state index in [9.17, 15) is 8.42 Å². The molecule has 7 heteroatoms. The van der Waals surface area contributed by atoms with Crippen molar-refractivity contribution in [1.82, 2.24) is 4.31 Å². The summed E-state index contributed by atoms with van der Waals surface area (Å²) in [4.78, 5) is 0.250. The van der Waals surface area contributed by atoms with E-state index in [4.69, 9.17) is 5.26 Å². The quantitative estimate of drug-likeness (QED) is 0.752. The molecule has 1 aromatic rings. The molecule has 1 saturated carbocycles. The highest BCUT2D eigenvalue weighted by Gasteiger charge is 2.38. The van der Waals surface area contributed by atoms with Gasteiger partial charge in [-0.15, -0.1) is 0 Å². The first-order chi connectivity index (χ1) is 8.96. The van der Waals surface area contributed by atoms with Gasteiger partial charge in [-0.05, 0) is 47.0 Å². The Hall–Kier alpha value is -0.420. The Balaban J connectivity index is 2.36. The Labute approximate surface area is 129 Å². The number of nitrogens with zero attached hydrogens (tertiary/aromatic N) is 2. The minimum absolute atomic E-state index is 0.0499. The Bertz CT molecular complexity index is 621. The van der Waals surface area contributed by atoms with E-state index >= 15 is 0 Å². The SMILES string of the molecule is N#CCCN(C1CC1)S(=O)(=O)c1ccc(Br)cc1Br. The summed E-state index contributed by atoms with van der Waals surface area (Å²) in [5.74, 6) is 0. The van der Waals surface area contributed by atoms with Crippen molar-refractivity contribution in [2.24, 2.45) is 0 Å². The van der Waals surface area contributed by atoms with Gasteiger partial charge < -0.3 is 0 Å². The average molecular weight is 408 g/mol. The molecule has 0 saturated heterocycles. The number of nitriles is 1. The molecule has 0 radical (unpaired) electrons. The molecule has 0 atom stereocenters. The fourth-order valence-electron chi connectivity index (χ4n) is 1.83. The van der Waals surface area contributed by atoms with Crippen molar-refractivity contribution >= 4 is 41.9 Å². The zero-order valence-electron chi connectivity index (χ0n) is 10.0. The van der Waals surface area contributed by atoms with Crippen LogP contribution < -0.4 is 0 Å². The molecule has 1 fully saturated rings. The van der Waals surface area contributed by atoms with Gasteiger partial charge in [0, 0.05) is 28.0 Å². The molecule has 0 unspecified atom stereocenters. The predicted octanol–water partition coefficient (Wildman–Crippen LogP) is 3.28. The number of halogens is 2. The molecule has 0 amide bonds. The first-order valence-corrected chi connectivity index (χ1v) is 8.83. The van der Waals surface area contributed by atoms with Crippen LogP contribution in [0.25, 0.3) is 0 Å². The summed E-state index contributed by atoms with van der Waals surface area (Å²) in [5.41, 5.74) is 0. The maximum absolute atomic E-state index is 12.6. The van der Waals surface area contributed by atoms with Crippen molar-refractivity contribution in [3.8, 4) is 6.07 Å². The van der Waals surface area contributed by atoms with Crippen LogP contribution in [0.2, 0.25) is 0 Å². The van der Waals surface area contributed by atoms with Crippen molar-refractivity contribution in [3.05, 3.63) is 27.1 Å². The van der Waals surface area contributed by atoms with Crippen LogP contribution >= 0.6 is 31.9 Å². The topological polar surface area (TPSA) is 61.2 Å². The third kappa shape index (κ3) is 3.37. The minimum Gasteiger partial charge on any atom is -0.207 e. The second-order valence-corrected chi connectivity index (χ2v) is 7.96. The number of benzene rings is 1. The Morgan fingerprint density at radius 1 is 1.37 bits per heavy atom. The highest BCUT2D eigenvalue weighted by molar-refractivity contribution is 9.11. The maximum Gasteiger partial charge on any atom is 0.244 e. The molecule has 0 heterocycles. The van der Waals surface area contributed by atoms with Crippen LogP contribution in [0, 0.1) is 11.3 Å². The predicted molar refractivity (Wildman–Crippen MR) is 79.0 cm³/mol. The van der Waals surface area contributed by atoms with E-state index in [1.54, 1.807) is 18.2 Å². The molecular weight excluding hydrogens is 396 g/mol. The van der Waals surface area contributed by atoms with Crippen molar-refractivity contribution in [2.45, 2.75) is 30.2 Å². The summed E-state index contributed by atoms with van der Waals surface area (Å²) in [6.45, 7) is 0.256. The molecular formula is C12H12Br2N2O2S. The van der Waals surface area contributed by atoms with E-state index in [0.717, 1.165) is 17.3 Å². The number of hydrogen-bond acceptors (Lipinski definition) is 3. The van der Waals surface area contributed by atoms with Gasteiger partial charge >= 0.3 is 0 Å². The molecule has 4 nitrogen and oxygen atoms in total. The standard InChI is InChI=1S/C12H12Br2N2O2S/c13-9-2-5-12(11(14)8-9)19(17,18)16(7-1-6-15)10-3-4-10/h2,5,8,10H,1,3-4,7H2. The molecule has 1 aliphatic carbocycles. The van der Waals surface area contributed by atoms with Gasteiger partial charge in [0.25, 0.3) is 0 Å². The molecule has 19 heavy (non-hydrogen) atoms. The molecule has 102 valence electrons. The van der Waals surface area contributed by atoms with E-state index < -0.39 is 10.0 Å². The first kappa shape index (κ1) is 15.0. The molecule has 1 aliphatic rings. The highest BCUT2D eigenvalue weighted by Crippen LogP contribution is 2.35. The molecule has 0 spiro atoms. The fourth-order valence-corrected chi connectivity index (χ4v) is 5.23. The van der Waals surface area contributed by atoms with Crippen molar-refractivity contribution in [2.75, 3.05) is 6.54 Å². The molecule has 0 bridgehead atoms. The molecule has 0 aliphatic heterocycles. The summed E-state index contributed by atoms with van der Waals surface area (Å²) in [5, 5.41) is 8.66. The molecule has 0 N–H and O–H groups in total. The van der Waals surface area contributed by atoms with E-state index in [1.807, 2.05) is 6.07 Å². The smallest absolute Gasteiger partial charge is 0.207 e. The lowest BCUT2D eigenvalue weighted by atomic mass is 10.4. The van der Waals surface area contributed by atoms with Crippen LogP contribution in [0.15, 0.2) is 32.0 Å². The highest BCUT2D eigenvalue weighted by atomic mass is 79.9. The average Bonchev–Trinajstić information content (AvgIpc) is 3.13. The summed E-state index contributed by atoms with van der Waals surface area (Å²) in [6, 6.07) is 7.04. The van der Waals surface area contributed by atoms with Crippen LogP contribution in [-0.2, 0) is 10.0 Å². The van der Waals surface area contributed by atoms with Gasteiger partial charge in [0.05, 0.1) is 11.0 Å². The lowest BCUT2D eigenvalue weighted by Gasteiger charge is -2.21. The van der Waals surface area contributed by atoms with Crippen molar-refractivity contribution in [1.29, 1.82) is 5.26 Å². The van der Waals surface area contributed by atoms with E-state index in [2.05, 4.69) is 31.9 Å². The Morgan fingerprint density at radius 2 is 2.05 bits per heavy atom. The fraction of sp³-hybridized carbons (Fsp3) is 0.417. The number of hydrogen-bond donors (Lipinski definition) is 0. The van der Waals surface area contributed by atoms with Gasteiger partial charge in [-0.3, -0.25) is 0 Å². The van der Waals surface area contributed by atoms with Crippen LogP contribution in [0.1, 0.15) is 19.3 Å². The largest absolute Gasteiger partial charge is 0.244 e. The maximum atomic E-state index is 12.6. The summed E-state index contributed by atoms with van der Waals surface area (Å²) in [6.07, 6.45) is 1.96. The molecule has 2 rings (SSSR count). The monoisotopic (exact) mass is 406 g/mol. The van der Waals surface area contributed by atoms with Gasteiger partial charge in [-0.2, -0.15) is 9.57 Å². The van der Waals surface area contributed by atoms with Crippen LogP contribution in [0.4, 0.5) is 0 Å². The summed E-state index contributed by atoms with van der Waals surface area (Å²) >= 11 is 6.59. The van der Waals surface area contributed by atoms with Crippen molar-refractivity contribution in [3.63, 3.8) is 0 Å². The zero-order valence-corrected chi connectivity index (χ0v) is 14.0. The first-order valence-electron chi connectivity index (χ1n) is 5.80. The third-order valence-corrected chi connectivity index (χ3v) is 6.30. The van der Waals surface area contributed by atoms with E-state index in [0.29, 0.717) is 4.47 Å². The van der Waals surface area contributed by atoms with Crippen LogP contribution in [0.5, 0.6) is 0 Å². The Morgan fingerprint density at radius 3 is 2.58 bits per heavy atom. The van der Waals surface area contributed by atoms with Gasteiger partial charge in [0.1, 0.15) is 0 Å². The number of sulfonamides is 1. The Kier molecular flexibility index (Phi) is 4.66. The van der Waals surface area contributed by atoms with Crippen LogP contribution in [-0.4, -0.2) is 25.3 Å². The third-order valence-electron chi connectivity index (χ3n) is 2.88. The van der Waals surface area contributed by atoms with Gasteiger partial charge in [-0.25, -0.2) is 8.42 Å². The lowest BCUT2D eigenvalue weighted by molar-refractivity contribution is 0.410.